The van der Waals surface area contributed by atoms with Crippen LogP contribution in [0.15, 0.2) is 24.3 Å². The van der Waals surface area contributed by atoms with Gasteiger partial charge < -0.3 is 10.2 Å². The van der Waals surface area contributed by atoms with E-state index in [1.54, 1.807) is 0 Å². The lowest BCUT2D eigenvalue weighted by Gasteiger charge is -2.07. The Balaban J connectivity index is 3.34. The molecule has 0 aliphatic carbocycles. The summed E-state index contributed by atoms with van der Waals surface area (Å²) in [5.74, 6) is -0.688. The number of aliphatic hydroxyl groups is 1. The number of aliphatic carboxylic acids is 1. The molecule has 0 radical (unpaired) electrons. The van der Waals surface area contributed by atoms with Gasteiger partial charge in [-0.3, -0.25) is 4.79 Å². The highest BCUT2D eigenvalue weighted by atomic mass is 16.4. The summed E-state index contributed by atoms with van der Waals surface area (Å²) in [7, 11) is 0. The molecule has 28 heavy (non-hydrogen) atoms. The first-order valence-corrected chi connectivity index (χ1v) is 11.9. The molecule has 3 heteroatoms. The number of rotatable bonds is 21. The summed E-state index contributed by atoms with van der Waals surface area (Å²) in [4.78, 5) is 10.4. The van der Waals surface area contributed by atoms with E-state index >= 15 is 0 Å². The van der Waals surface area contributed by atoms with E-state index in [9.17, 15) is 9.90 Å². The molecule has 0 heterocycles. The van der Waals surface area contributed by atoms with Crippen molar-refractivity contribution in [2.75, 3.05) is 0 Å². The molecule has 164 valence electrons. The van der Waals surface area contributed by atoms with E-state index in [1.165, 1.54) is 64.2 Å². The summed E-state index contributed by atoms with van der Waals surface area (Å²) in [5.41, 5.74) is 0. The Kier molecular flexibility index (Phi) is 21.3. The molecule has 0 bridgehead atoms. The monoisotopic (exact) mass is 394 g/mol. The first-order chi connectivity index (χ1) is 13.7. The predicted octanol–water partition coefficient (Wildman–Crippen LogP) is 7.59. The lowest BCUT2D eigenvalue weighted by molar-refractivity contribution is -0.137. The summed E-state index contributed by atoms with van der Waals surface area (Å²) in [6, 6.07) is 0. The number of carboxylic acid groups (broad SMARTS) is 1. The molecule has 0 aliphatic heterocycles. The quantitative estimate of drug-likeness (QED) is 0.156. The highest BCUT2D eigenvalue weighted by Gasteiger charge is 2.01. The average Bonchev–Trinajstić information content (AvgIpc) is 2.67. The van der Waals surface area contributed by atoms with Gasteiger partial charge in [0, 0.05) is 6.42 Å². The van der Waals surface area contributed by atoms with Crippen LogP contribution in [0.1, 0.15) is 122 Å². The van der Waals surface area contributed by atoms with E-state index in [0.29, 0.717) is 6.42 Å². The third-order valence-electron chi connectivity index (χ3n) is 5.17. The van der Waals surface area contributed by atoms with E-state index in [-0.39, 0.29) is 6.10 Å². The summed E-state index contributed by atoms with van der Waals surface area (Å²) in [6.07, 6.45) is 28.4. The zero-order chi connectivity index (χ0) is 20.7. The number of unbranched alkanes of at least 4 members (excludes halogenated alkanes) is 12. The lowest BCUT2D eigenvalue weighted by Crippen LogP contribution is -2.04. The largest absolute Gasteiger partial charge is 0.481 e. The van der Waals surface area contributed by atoms with Crippen LogP contribution in [0.3, 0.4) is 0 Å². The number of aliphatic hydroxyl groups excluding tert-OH is 1. The molecule has 3 nitrogen and oxygen atoms in total. The Hall–Kier alpha value is -1.09. The Morgan fingerprint density at radius 3 is 2.00 bits per heavy atom. The van der Waals surface area contributed by atoms with Gasteiger partial charge in [0.05, 0.1) is 6.10 Å². The summed E-state index contributed by atoms with van der Waals surface area (Å²) < 4.78 is 0. The zero-order valence-corrected chi connectivity index (χ0v) is 18.4. The topological polar surface area (TPSA) is 57.5 Å². The standard InChI is InChI=1S/C25H46O3/c1-2-3-4-5-6-7-8-9-10-12-15-18-21-24(26)22-19-16-13-11-14-17-20-23-25(27)28/h9-10,15,18,24,26H,2-8,11-14,16-17,19-23H2,1H3,(H,27,28). The van der Waals surface area contributed by atoms with Crippen LogP contribution in [-0.4, -0.2) is 22.3 Å². The Morgan fingerprint density at radius 1 is 0.750 bits per heavy atom. The highest BCUT2D eigenvalue weighted by Crippen LogP contribution is 2.12. The molecular weight excluding hydrogens is 348 g/mol. The van der Waals surface area contributed by atoms with Crippen molar-refractivity contribution in [1.29, 1.82) is 0 Å². The lowest BCUT2D eigenvalue weighted by atomic mass is 10.0. The third-order valence-corrected chi connectivity index (χ3v) is 5.17. The van der Waals surface area contributed by atoms with Gasteiger partial charge in [0.1, 0.15) is 0 Å². The van der Waals surface area contributed by atoms with Gasteiger partial charge in [-0.2, -0.15) is 0 Å². The van der Waals surface area contributed by atoms with Crippen LogP contribution < -0.4 is 0 Å². The molecule has 0 aromatic carbocycles. The van der Waals surface area contributed by atoms with Crippen molar-refractivity contribution in [3.05, 3.63) is 24.3 Å². The summed E-state index contributed by atoms with van der Waals surface area (Å²) >= 11 is 0. The average molecular weight is 395 g/mol. The first kappa shape index (κ1) is 26.9. The minimum absolute atomic E-state index is 0.209. The predicted molar refractivity (Wildman–Crippen MR) is 121 cm³/mol. The van der Waals surface area contributed by atoms with Crippen molar-refractivity contribution in [1.82, 2.24) is 0 Å². The Bertz CT molecular complexity index is 387. The van der Waals surface area contributed by atoms with Crippen LogP contribution in [0.4, 0.5) is 0 Å². The van der Waals surface area contributed by atoms with Gasteiger partial charge in [-0.15, -0.1) is 0 Å². The van der Waals surface area contributed by atoms with E-state index in [0.717, 1.165) is 44.9 Å². The molecule has 0 aromatic rings. The fraction of sp³-hybridized carbons (Fsp3) is 0.800. The molecular formula is C25H46O3. The highest BCUT2D eigenvalue weighted by molar-refractivity contribution is 5.66. The SMILES string of the molecule is CCCCCCCCC=CCC=CCC(O)CCCCCCCCCC(=O)O. The second-order valence-corrected chi connectivity index (χ2v) is 8.03. The number of hydrogen-bond donors (Lipinski definition) is 2. The van der Waals surface area contributed by atoms with Gasteiger partial charge in [-0.25, -0.2) is 0 Å². The third kappa shape index (κ3) is 23.0. The van der Waals surface area contributed by atoms with Crippen molar-refractivity contribution in [3.63, 3.8) is 0 Å². The van der Waals surface area contributed by atoms with E-state index in [2.05, 4.69) is 31.2 Å². The van der Waals surface area contributed by atoms with Gasteiger partial charge in [0.2, 0.25) is 0 Å². The minimum Gasteiger partial charge on any atom is -0.481 e. The van der Waals surface area contributed by atoms with Gasteiger partial charge in [0.25, 0.3) is 0 Å². The maximum absolute atomic E-state index is 10.4. The van der Waals surface area contributed by atoms with Gasteiger partial charge >= 0.3 is 5.97 Å². The maximum atomic E-state index is 10.4. The molecule has 1 atom stereocenters. The molecule has 0 aromatic heterocycles. The maximum Gasteiger partial charge on any atom is 0.303 e. The molecule has 0 saturated carbocycles. The summed E-state index contributed by atoms with van der Waals surface area (Å²) in [5, 5.41) is 18.6. The molecule has 2 N–H and O–H groups in total. The molecule has 0 fully saturated rings. The van der Waals surface area contributed by atoms with Gasteiger partial charge in [0.15, 0.2) is 0 Å². The number of allylic oxidation sites excluding steroid dienone is 3. The van der Waals surface area contributed by atoms with Crippen LogP contribution >= 0.6 is 0 Å². The van der Waals surface area contributed by atoms with Crippen molar-refractivity contribution in [3.8, 4) is 0 Å². The van der Waals surface area contributed by atoms with Crippen molar-refractivity contribution in [2.45, 2.75) is 129 Å². The fourth-order valence-corrected chi connectivity index (χ4v) is 3.34. The second-order valence-electron chi connectivity index (χ2n) is 8.03. The molecule has 0 amide bonds. The van der Waals surface area contributed by atoms with Crippen LogP contribution in [-0.2, 0) is 4.79 Å². The summed E-state index contributed by atoms with van der Waals surface area (Å²) in [6.45, 7) is 2.26. The first-order valence-electron chi connectivity index (χ1n) is 11.9. The fourth-order valence-electron chi connectivity index (χ4n) is 3.34. The van der Waals surface area contributed by atoms with Crippen molar-refractivity contribution >= 4 is 5.97 Å². The Labute approximate surface area is 174 Å². The normalized spacial score (nSPS) is 12.9. The van der Waals surface area contributed by atoms with Crippen LogP contribution in [0.5, 0.6) is 0 Å². The van der Waals surface area contributed by atoms with Crippen LogP contribution in [0.25, 0.3) is 0 Å². The minimum atomic E-state index is -0.688. The van der Waals surface area contributed by atoms with Crippen LogP contribution in [0, 0.1) is 0 Å². The van der Waals surface area contributed by atoms with Crippen molar-refractivity contribution in [2.24, 2.45) is 0 Å². The molecule has 0 rings (SSSR count). The molecule has 0 spiro atoms. The molecule has 1 unspecified atom stereocenters. The van der Waals surface area contributed by atoms with Gasteiger partial charge in [-0.1, -0.05) is 102 Å². The Morgan fingerprint density at radius 2 is 1.32 bits per heavy atom. The van der Waals surface area contributed by atoms with Crippen molar-refractivity contribution < 1.29 is 15.0 Å². The smallest absolute Gasteiger partial charge is 0.303 e. The van der Waals surface area contributed by atoms with E-state index in [4.69, 9.17) is 5.11 Å². The van der Waals surface area contributed by atoms with E-state index in [1.807, 2.05) is 0 Å². The number of carboxylic acids is 1. The molecule has 0 saturated heterocycles. The number of carbonyl (C=O) groups is 1. The van der Waals surface area contributed by atoms with E-state index < -0.39 is 5.97 Å². The van der Waals surface area contributed by atoms with Gasteiger partial charge in [-0.05, 0) is 38.5 Å². The zero-order valence-electron chi connectivity index (χ0n) is 18.4. The number of hydrogen-bond acceptors (Lipinski definition) is 2. The molecule has 0 aliphatic rings. The van der Waals surface area contributed by atoms with Crippen LogP contribution in [0.2, 0.25) is 0 Å². The second kappa shape index (κ2) is 22.2.